The molecule has 4 rings (SSSR count). The van der Waals surface area contributed by atoms with Gasteiger partial charge >= 0.3 is 6.36 Å². The van der Waals surface area contributed by atoms with Gasteiger partial charge in [-0.2, -0.15) is 5.10 Å². The predicted octanol–water partition coefficient (Wildman–Crippen LogP) is 5.93. The van der Waals surface area contributed by atoms with E-state index in [0.29, 0.717) is 43.2 Å². The Labute approximate surface area is 232 Å². The van der Waals surface area contributed by atoms with Gasteiger partial charge in [-0.3, -0.25) is 14.9 Å². The van der Waals surface area contributed by atoms with Crippen molar-refractivity contribution in [1.29, 1.82) is 0 Å². The maximum Gasteiger partial charge on any atom is 0.573 e. The average Bonchev–Trinajstić information content (AvgIpc) is 3.40. The van der Waals surface area contributed by atoms with Crippen molar-refractivity contribution in [1.82, 2.24) is 25.8 Å². The zero-order valence-electron chi connectivity index (χ0n) is 20.5. The first-order chi connectivity index (χ1) is 18.7. The summed E-state index contributed by atoms with van der Waals surface area (Å²) in [5.74, 6) is -0.570. The fourth-order valence-corrected chi connectivity index (χ4v) is 4.44. The maximum atomic E-state index is 12.3. The number of carbonyl (C=O) groups excluding carboxylic acids is 1. The summed E-state index contributed by atoms with van der Waals surface area (Å²) < 4.78 is 40.9. The quantitative estimate of drug-likeness (QED) is 0.155. The number of nitrogens with zero attached hydrogens (tertiary/aromatic N) is 2. The highest BCUT2D eigenvalue weighted by Crippen LogP contribution is 2.37. The Hall–Kier alpha value is -3.54. The summed E-state index contributed by atoms with van der Waals surface area (Å²) in [6.07, 6.45) is 1.26. The molecule has 0 atom stereocenters. The molecule has 0 aliphatic carbocycles. The van der Waals surface area contributed by atoms with Crippen LogP contribution in [0.5, 0.6) is 5.75 Å². The van der Waals surface area contributed by atoms with Crippen molar-refractivity contribution in [2.24, 2.45) is 0 Å². The van der Waals surface area contributed by atoms with Crippen molar-refractivity contribution < 1.29 is 22.7 Å². The molecule has 4 N–H and O–H groups in total. The monoisotopic (exact) mass is 580 g/mol. The fourth-order valence-electron chi connectivity index (χ4n) is 3.89. The van der Waals surface area contributed by atoms with E-state index >= 15 is 0 Å². The number of amides is 1. The van der Waals surface area contributed by atoms with E-state index in [1.807, 2.05) is 18.2 Å². The zero-order valence-corrected chi connectivity index (χ0v) is 22.1. The Kier molecular flexibility index (Phi) is 9.50. The minimum atomic E-state index is -4.81. The second-order valence-corrected chi connectivity index (χ2v) is 9.34. The third-order valence-corrected chi connectivity index (χ3v) is 6.42. The molecule has 0 aliphatic heterocycles. The highest BCUT2D eigenvalue weighted by molar-refractivity contribution is 6.38. The summed E-state index contributed by atoms with van der Waals surface area (Å²) in [6.45, 7) is 1.84. The van der Waals surface area contributed by atoms with Crippen LogP contribution in [-0.2, 0) is 11.3 Å². The third kappa shape index (κ3) is 7.98. The lowest BCUT2D eigenvalue weighted by molar-refractivity contribution is -0.274. The third-order valence-electron chi connectivity index (χ3n) is 5.74. The number of halogens is 5. The lowest BCUT2D eigenvalue weighted by atomic mass is 10.0. The SMILES string of the molecule is O=C(CCNCc1ccc(OC(F)(F)F)c(Cl)c1)NCCCNc1cc(-c2ccncc2)c(Cl)c2[nH]ncc12. The van der Waals surface area contributed by atoms with E-state index in [1.165, 1.54) is 12.1 Å². The molecule has 2 heterocycles. The molecule has 39 heavy (non-hydrogen) atoms. The van der Waals surface area contributed by atoms with Crippen molar-refractivity contribution >= 4 is 45.7 Å². The molecule has 13 heteroatoms. The molecule has 206 valence electrons. The van der Waals surface area contributed by atoms with Crippen molar-refractivity contribution in [3.8, 4) is 16.9 Å². The van der Waals surface area contributed by atoms with Gasteiger partial charge in [0.1, 0.15) is 5.75 Å². The van der Waals surface area contributed by atoms with Crippen LogP contribution in [0, 0.1) is 0 Å². The number of fused-ring (bicyclic) bond motifs is 1. The van der Waals surface area contributed by atoms with Gasteiger partial charge < -0.3 is 20.7 Å². The topological polar surface area (TPSA) is 104 Å². The second kappa shape index (κ2) is 13.0. The molecule has 1 amide bonds. The summed E-state index contributed by atoms with van der Waals surface area (Å²) in [5.41, 5.74) is 4.07. The van der Waals surface area contributed by atoms with E-state index in [0.717, 1.165) is 33.8 Å². The Morgan fingerprint density at radius 2 is 1.85 bits per heavy atom. The summed E-state index contributed by atoms with van der Waals surface area (Å²) in [7, 11) is 0. The van der Waals surface area contributed by atoms with Gasteiger partial charge in [0.05, 0.1) is 21.8 Å². The van der Waals surface area contributed by atoms with Crippen molar-refractivity contribution in [3.05, 3.63) is 70.6 Å². The summed E-state index contributed by atoms with van der Waals surface area (Å²) in [6, 6.07) is 9.77. The minimum absolute atomic E-state index is 0.113. The smallest absolute Gasteiger partial charge is 0.404 e. The van der Waals surface area contributed by atoms with E-state index in [2.05, 4.69) is 35.9 Å². The van der Waals surface area contributed by atoms with Crippen molar-refractivity contribution in [2.75, 3.05) is 25.0 Å². The lowest BCUT2D eigenvalue weighted by Gasteiger charge is -2.13. The Bertz CT molecular complexity index is 1420. The van der Waals surface area contributed by atoms with Crippen LogP contribution < -0.4 is 20.7 Å². The van der Waals surface area contributed by atoms with Crippen LogP contribution in [0.2, 0.25) is 10.0 Å². The summed E-state index contributed by atoms with van der Waals surface area (Å²) >= 11 is 12.5. The highest BCUT2D eigenvalue weighted by Gasteiger charge is 2.32. The number of nitrogens with one attached hydrogen (secondary N) is 4. The van der Waals surface area contributed by atoms with Crippen LogP contribution in [0.4, 0.5) is 18.9 Å². The van der Waals surface area contributed by atoms with E-state index in [1.54, 1.807) is 18.6 Å². The number of alkyl halides is 3. The van der Waals surface area contributed by atoms with Crippen molar-refractivity contribution in [2.45, 2.75) is 25.7 Å². The number of rotatable bonds is 12. The molecule has 0 saturated heterocycles. The molecule has 0 spiro atoms. The standard InChI is InChI=1S/C26H25Cl2F3N6O2/c27-20-12-16(2-3-22(20)39-26(29,30)31)14-33-11-6-23(38)35-8-1-7-34-21-13-18(17-4-9-32-10-5-17)24(28)25-19(21)15-36-37-25/h2-5,9-10,12-13,15,33-34H,1,6-8,11,14H2,(H,35,38)(H,36,37). The fraction of sp³-hybridized carbons (Fsp3) is 0.269. The van der Waals surface area contributed by atoms with Crippen LogP contribution >= 0.6 is 23.2 Å². The molecule has 0 bridgehead atoms. The summed E-state index contributed by atoms with van der Waals surface area (Å²) in [5, 5.41) is 17.7. The molecule has 8 nitrogen and oxygen atoms in total. The number of ether oxygens (including phenoxy) is 1. The van der Waals surface area contributed by atoms with Crippen LogP contribution in [0.25, 0.3) is 22.0 Å². The number of carbonyl (C=O) groups is 1. The van der Waals surface area contributed by atoms with Crippen LogP contribution in [0.15, 0.2) is 55.0 Å². The molecular formula is C26H25Cl2F3N6O2. The van der Waals surface area contributed by atoms with Gasteiger partial charge in [-0.05, 0) is 47.9 Å². The van der Waals surface area contributed by atoms with E-state index < -0.39 is 12.1 Å². The number of hydrogen-bond acceptors (Lipinski definition) is 6. The van der Waals surface area contributed by atoms with Gasteiger partial charge in [0.15, 0.2) is 0 Å². The van der Waals surface area contributed by atoms with E-state index in [9.17, 15) is 18.0 Å². The second-order valence-electron chi connectivity index (χ2n) is 8.55. The van der Waals surface area contributed by atoms with Crippen LogP contribution in [0.3, 0.4) is 0 Å². The number of benzene rings is 2. The van der Waals surface area contributed by atoms with Gasteiger partial charge in [-0.1, -0.05) is 29.3 Å². The number of aromatic nitrogens is 3. The van der Waals surface area contributed by atoms with Crippen LogP contribution in [0.1, 0.15) is 18.4 Å². The van der Waals surface area contributed by atoms with E-state index in [4.69, 9.17) is 23.2 Å². The molecule has 2 aromatic carbocycles. The van der Waals surface area contributed by atoms with Gasteiger partial charge in [-0.15, -0.1) is 13.2 Å². The molecule has 4 aromatic rings. The molecule has 2 aromatic heterocycles. The highest BCUT2D eigenvalue weighted by atomic mass is 35.5. The van der Waals surface area contributed by atoms with Crippen molar-refractivity contribution in [3.63, 3.8) is 0 Å². The predicted molar refractivity (Wildman–Crippen MR) is 145 cm³/mol. The number of aromatic amines is 1. The normalized spacial score (nSPS) is 11.5. The zero-order chi connectivity index (χ0) is 27.8. The Morgan fingerprint density at radius 1 is 1.05 bits per heavy atom. The number of hydrogen-bond donors (Lipinski definition) is 4. The summed E-state index contributed by atoms with van der Waals surface area (Å²) in [4.78, 5) is 16.2. The largest absolute Gasteiger partial charge is 0.573 e. The molecule has 0 radical (unpaired) electrons. The first-order valence-electron chi connectivity index (χ1n) is 12.0. The number of anilines is 1. The van der Waals surface area contributed by atoms with Gasteiger partial charge in [0, 0.05) is 61.6 Å². The molecular weight excluding hydrogens is 556 g/mol. The van der Waals surface area contributed by atoms with Gasteiger partial charge in [0.2, 0.25) is 5.91 Å². The lowest BCUT2D eigenvalue weighted by Crippen LogP contribution is -2.29. The van der Waals surface area contributed by atoms with Crippen LogP contribution in [-0.4, -0.2) is 47.1 Å². The first-order valence-corrected chi connectivity index (χ1v) is 12.8. The Morgan fingerprint density at radius 3 is 2.59 bits per heavy atom. The van der Waals surface area contributed by atoms with Gasteiger partial charge in [0.25, 0.3) is 0 Å². The molecule has 0 unspecified atom stereocenters. The van der Waals surface area contributed by atoms with E-state index in [-0.39, 0.29) is 17.4 Å². The molecule has 0 saturated carbocycles. The van der Waals surface area contributed by atoms with Gasteiger partial charge in [-0.25, -0.2) is 0 Å². The maximum absolute atomic E-state index is 12.3. The minimum Gasteiger partial charge on any atom is -0.404 e. The molecule has 0 fully saturated rings. The first kappa shape index (κ1) is 28.5. The average molecular weight is 581 g/mol. The molecule has 0 aliphatic rings. The number of pyridine rings is 1. The number of H-pyrrole nitrogens is 1. The Balaban J connectivity index is 1.18.